The smallest absolute Gasteiger partial charge is 0.294 e. The molecule has 0 saturated heterocycles. The number of halogens is 5. The molecule has 0 amide bonds. The Morgan fingerprint density at radius 1 is 0.860 bits per heavy atom. The number of benzene rings is 3. The summed E-state index contributed by atoms with van der Waals surface area (Å²) in [6.07, 6.45) is 5.21. The lowest BCUT2D eigenvalue weighted by Crippen LogP contribution is -2.31. The van der Waals surface area contributed by atoms with Crippen molar-refractivity contribution in [1.29, 1.82) is 0 Å². The number of anilines is 1. The minimum absolute atomic E-state index is 0.0996. The van der Waals surface area contributed by atoms with E-state index in [1.54, 1.807) is 43.5 Å². The van der Waals surface area contributed by atoms with Crippen molar-refractivity contribution in [3.8, 4) is 0 Å². The molecule has 0 saturated carbocycles. The van der Waals surface area contributed by atoms with Crippen LogP contribution in [0.3, 0.4) is 0 Å². The Morgan fingerprint density at radius 2 is 1.44 bits per heavy atom. The van der Waals surface area contributed by atoms with Crippen LogP contribution in [0.5, 0.6) is 0 Å². The van der Waals surface area contributed by atoms with E-state index >= 15 is 8.78 Å². The molecule has 0 aromatic heterocycles. The Morgan fingerprint density at radius 3 is 2.00 bits per heavy atom. The molecule has 0 unspecified atom stereocenters. The maximum atomic E-state index is 15.3. The van der Waals surface area contributed by atoms with Crippen LogP contribution in [0.25, 0.3) is 5.57 Å². The summed E-state index contributed by atoms with van der Waals surface area (Å²) < 4.78 is 107. The summed E-state index contributed by atoms with van der Waals surface area (Å²) in [6, 6.07) is 10.8. The molecule has 11 heteroatoms. The number of allylic oxidation sites excluding steroid dienone is 5. The molecule has 224 valence electrons. The van der Waals surface area contributed by atoms with Crippen molar-refractivity contribution in [2.45, 2.75) is 30.7 Å². The van der Waals surface area contributed by atoms with Gasteiger partial charge in [-0.15, -0.1) is 0 Å². The molecule has 0 atom stereocenters. The van der Waals surface area contributed by atoms with Crippen LogP contribution in [0.1, 0.15) is 36.1 Å². The zero-order valence-electron chi connectivity index (χ0n) is 23.9. The first kappa shape index (κ1) is 30.4. The molecular formula is C32H28F5N2O3S+. The van der Waals surface area contributed by atoms with E-state index in [9.17, 15) is 26.1 Å². The average molecular weight is 616 g/mol. The van der Waals surface area contributed by atoms with Crippen LogP contribution < -0.4 is 4.90 Å². The highest BCUT2D eigenvalue weighted by Gasteiger charge is 2.41. The van der Waals surface area contributed by atoms with Crippen molar-refractivity contribution in [2.24, 2.45) is 0 Å². The molecule has 3 aromatic carbocycles. The zero-order valence-corrected chi connectivity index (χ0v) is 24.8. The van der Waals surface area contributed by atoms with Gasteiger partial charge in [-0.05, 0) is 58.2 Å². The molecule has 0 fully saturated rings. The van der Waals surface area contributed by atoms with E-state index in [4.69, 9.17) is 0 Å². The fourth-order valence-corrected chi connectivity index (χ4v) is 6.05. The summed E-state index contributed by atoms with van der Waals surface area (Å²) in [5.41, 5.74) is 2.30. The van der Waals surface area contributed by atoms with Gasteiger partial charge in [0.25, 0.3) is 10.1 Å². The third-order valence-corrected chi connectivity index (χ3v) is 8.82. The van der Waals surface area contributed by atoms with E-state index in [0.717, 1.165) is 11.3 Å². The summed E-state index contributed by atoms with van der Waals surface area (Å²) >= 11 is 0. The molecule has 43 heavy (non-hydrogen) atoms. The molecular weight excluding hydrogens is 587 g/mol. The molecule has 3 aromatic rings. The molecule has 5 nitrogen and oxygen atoms in total. The normalized spacial score (nSPS) is 15.7. The molecule has 2 aliphatic rings. The summed E-state index contributed by atoms with van der Waals surface area (Å²) in [5.74, 6) is -10.1. The highest BCUT2D eigenvalue weighted by molar-refractivity contribution is 7.85. The van der Waals surface area contributed by atoms with Gasteiger partial charge in [0.1, 0.15) is 14.1 Å². The van der Waals surface area contributed by atoms with Crippen LogP contribution in [-0.4, -0.2) is 44.4 Å². The Kier molecular flexibility index (Phi) is 7.46. The van der Waals surface area contributed by atoms with Crippen molar-refractivity contribution >= 4 is 27.1 Å². The first-order chi connectivity index (χ1) is 20.0. The van der Waals surface area contributed by atoms with Crippen molar-refractivity contribution in [1.82, 2.24) is 0 Å². The minimum Gasteiger partial charge on any atom is -0.370 e. The van der Waals surface area contributed by atoms with Crippen LogP contribution in [0.15, 0.2) is 76.7 Å². The van der Waals surface area contributed by atoms with Gasteiger partial charge in [0.15, 0.2) is 29.0 Å². The maximum absolute atomic E-state index is 15.3. The molecule has 0 spiro atoms. The fraction of sp³-hybridized carbons (Fsp3) is 0.219. The molecule has 0 radical (unpaired) electrons. The second-order valence-electron chi connectivity index (χ2n) is 11.3. The molecule has 0 aliphatic heterocycles. The summed E-state index contributed by atoms with van der Waals surface area (Å²) in [7, 11) is 1.11. The van der Waals surface area contributed by atoms with E-state index < -0.39 is 50.2 Å². The fourth-order valence-electron chi connectivity index (χ4n) is 5.57. The van der Waals surface area contributed by atoms with Crippen LogP contribution >= 0.6 is 0 Å². The van der Waals surface area contributed by atoms with E-state index in [0.29, 0.717) is 34.5 Å². The average Bonchev–Trinajstić information content (AvgIpc) is 2.96. The topological polar surface area (TPSA) is 60.6 Å². The Bertz CT molecular complexity index is 1890. The van der Waals surface area contributed by atoms with Gasteiger partial charge in [0.05, 0.1) is 10.5 Å². The van der Waals surface area contributed by atoms with Crippen molar-refractivity contribution < 1.29 is 39.5 Å². The van der Waals surface area contributed by atoms with Gasteiger partial charge in [-0.3, -0.25) is 4.55 Å². The Balaban J connectivity index is 1.70. The molecule has 5 rings (SSSR count). The molecule has 0 bridgehead atoms. The predicted octanol–water partition coefficient (Wildman–Crippen LogP) is 6.57. The van der Waals surface area contributed by atoms with E-state index in [-0.39, 0.29) is 10.5 Å². The Hall–Kier alpha value is -4.09. The van der Waals surface area contributed by atoms with Gasteiger partial charge in [0.2, 0.25) is 5.82 Å². The molecule has 0 heterocycles. The predicted molar refractivity (Wildman–Crippen MR) is 154 cm³/mol. The van der Waals surface area contributed by atoms with Gasteiger partial charge in [-0.1, -0.05) is 32.0 Å². The number of rotatable bonds is 5. The number of hydrogen-bond donors (Lipinski definition) is 1. The highest BCUT2D eigenvalue weighted by atomic mass is 32.2. The number of hydrogen-bond acceptors (Lipinski definition) is 3. The summed E-state index contributed by atoms with van der Waals surface area (Å²) in [4.78, 5) is 1.63. The number of nitrogens with zero attached hydrogens (tertiary/aromatic N) is 2. The van der Waals surface area contributed by atoms with E-state index in [1.807, 2.05) is 49.6 Å². The third kappa shape index (κ3) is 5.10. The van der Waals surface area contributed by atoms with Gasteiger partial charge < -0.3 is 4.90 Å². The second kappa shape index (κ2) is 10.6. The van der Waals surface area contributed by atoms with E-state index in [1.165, 1.54) is 12.1 Å². The number of fused-ring (bicyclic) bond motifs is 2. The maximum Gasteiger partial charge on any atom is 0.294 e. The Labute approximate surface area is 246 Å². The van der Waals surface area contributed by atoms with Crippen molar-refractivity contribution in [3.63, 3.8) is 0 Å². The van der Waals surface area contributed by atoms with Gasteiger partial charge in [0, 0.05) is 42.4 Å². The monoisotopic (exact) mass is 615 g/mol. The van der Waals surface area contributed by atoms with Gasteiger partial charge in [-0.2, -0.15) is 8.42 Å². The standard InChI is InChI=1S/C32H27F5N2O3S/c1-32(2)23-14-18(38(3)4)8-12-21(23)25(26-27(33)29(35)31(37)30(36)28(26)34)22-13-9-19(15-24(22)32)39(5)16-17-6-10-20(11-7-17)43(40,41)42/h6-15H,16H2,1-5H3/p+1. The lowest BCUT2D eigenvalue weighted by Gasteiger charge is -2.39. The molecule has 2 aliphatic carbocycles. The van der Waals surface area contributed by atoms with Gasteiger partial charge in [-0.25, -0.2) is 26.5 Å². The van der Waals surface area contributed by atoms with Crippen LogP contribution in [0.2, 0.25) is 0 Å². The van der Waals surface area contributed by atoms with Gasteiger partial charge >= 0.3 is 0 Å². The van der Waals surface area contributed by atoms with E-state index in [2.05, 4.69) is 0 Å². The second-order valence-corrected chi connectivity index (χ2v) is 12.7. The third-order valence-electron chi connectivity index (χ3n) is 7.95. The largest absolute Gasteiger partial charge is 0.370 e. The first-order valence-corrected chi connectivity index (χ1v) is 14.6. The summed E-state index contributed by atoms with van der Waals surface area (Å²) in [6.45, 7) is 4.19. The van der Waals surface area contributed by atoms with Crippen LogP contribution in [0, 0.1) is 29.1 Å². The zero-order chi connectivity index (χ0) is 31.6. The lowest BCUT2D eigenvalue weighted by molar-refractivity contribution is -0.462. The van der Waals surface area contributed by atoms with Crippen molar-refractivity contribution in [2.75, 3.05) is 26.0 Å². The molecule has 1 N–H and O–H groups in total. The summed E-state index contributed by atoms with van der Waals surface area (Å²) in [5, 5.41) is 0. The van der Waals surface area contributed by atoms with Crippen molar-refractivity contribution in [3.05, 3.63) is 123 Å². The van der Waals surface area contributed by atoms with Crippen LogP contribution in [0.4, 0.5) is 27.6 Å². The van der Waals surface area contributed by atoms with Crippen LogP contribution in [-0.2, 0) is 22.1 Å². The minimum atomic E-state index is -4.34. The highest BCUT2D eigenvalue weighted by Crippen LogP contribution is 2.51. The quantitative estimate of drug-likeness (QED) is 0.116. The first-order valence-electron chi connectivity index (χ1n) is 13.2. The SMILES string of the molecule is CN(Cc1ccc(S(=O)(=O)O)cc1)c1ccc2c(c1)C(C)(C)C1=CC(=[N+](C)C)C=CC1=C2c1c(F)c(F)c(F)c(F)c1F. The lowest BCUT2D eigenvalue weighted by atomic mass is 9.64.